The van der Waals surface area contributed by atoms with Gasteiger partial charge in [-0.05, 0) is 23.3 Å². The fourth-order valence-corrected chi connectivity index (χ4v) is 3.49. The van der Waals surface area contributed by atoms with E-state index in [-0.39, 0.29) is 18.8 Å². The van der Waals surface area contributed by atoms with Gasteiger partial charge in [-0.3, -0.25) is 4.90 Å². The summed E-state index contributed by atoms with van der Waals surface area (Å²) in [6.45, 7) is 2.15. The Balaban J connectivity index is 1.82. The van der Waals surface area contributed by atoms with E-state index in [9.17, 15) is 5.11 Å². The number of rotatable bonds is 7. The summed E-state index contributed by atoms with van der Waals surface area (Å²) in [5, 5.41) is 9.85. The second-order valence-corrected chi connectivity index (χ2v) is 6.46. The number of benzene rings is 2. The topological polar surface area (TPSA) is 51.2 Å². The highest BCUT2D eigenvalue weighted by Gasteiger charge is 2.33. The van der Waals surface area contributed by atoms with Crippen LogP contribution in [0.15, 0.2) is 54.6 Å². The van der Waals surface area contributed by atoms with Crippen molar-refractivity contribution in [3.63, 3.8) is 0 Å². The molecule has 0 radical (unpaired) electrons. The van der Waals surface area contributed by atoms with Gasteiger partial charge in [0.15, 0.2) is 11.5 Å². The van der Waals surface area contributed by atoms with Gasteiger partial charge in [-0.2, -0.15) is 0 Å². The smallest absolute Gasteiger partial charge is 0.161 e. The maximum atomic E-state index is 9.85. The van der Waals surface area contributed by atoms with E-state index in [0.29, 0.717) is 18.1 Å². The van der Waals surface area contributed by atoms with Crippen LogP contribution in [0.1, 0.15) is 17.2 Å². The molecule has 0 aromatic heterocycles. The van der Waals surface area contributed by atoms with E-state index in [1.807, 2.05) is 36.4 Å². The number of aliphatic hydroxyl groups is 1. The number of methoxy groups -OCH3 is 2. The molecule has 0 amide bonds. The van der Waals surface area contributed by atoms with E-state index < -0.39 is 0 Å². The summed E-state index contributed by atoms with van der Waals surface area (Å²) in [7, 11) is 3.25. The van der Waals surface area contributed by atoms with Crippen LogP contribution in [-0.4, -0.2) is 56.6 Å². The molecule has 2 atom stereocenters. The van der Waals surface area contributed by atoms with Crippen molar-refractivity contribution >= 4 is 6.08 Å². The lowest BCUT2D eigenvalue weighted by molar-refractivity contribution is -0.0896. The Morgan fingerprint density at radius 1 is 1.11 bits per heavy atom. The van der Waals surface area contributed by atoms with Gasteiger partial charge in [-0.15, -0.1) is 0 Å². The van der Waals surface area contributed by atoms with E-state index in [0.717, 1.165) is 18.7 Å². The van der Waals surface area contributed by atoms with Gasteiger partial charge in [0, 0.05) is 13.1 Å². The molecule has 1 N–H and O–H groups in total. The molecule has 1 fully saturated rings. The van der Waals surface area contributed by atoms with Crippen LogP contribution in [0.25, 0.3) is 6.08 Å². The van der Waals surface area contributed by atoms with Crippen molar-refractivity contribution in [3.05, 3.63) is 65.7 Å². The fourth-order valence-electron chi connectivity index (χ4n) is 3.49. The summed E-state index contributed by atoms with van der Waals surface area (Å²) in [5.41, 5.74) is 2.21. The summed E-state index contributed by atoms with van der Waals surface area (Å²) >= 11 is 0. The number of ether oxygens (including phenoxy) is 3. The van der Waals surface area contributed by atoms with Gasteiger partial charge >= 0.3 is 0 Å². The van der Waals surface area contributed by atoms with Crippen LogP contribution >= 0.6 is 0 Å². The summed E-state index contributed by atoms with van der Waals surface area (Å²) in [5.74, 6) is 1.37. The van der Waals surface area contributed by atoms with E-state index in [1.54, 1.807) is 14.2 Å². The van der Waals surface area contributed by atoms with Crippen molar-refractivity contribution in [2.45, 2.75) is 12.1 Å². The van der Waals surface area contributed by atoms with Crippen LogP contribution in [-0.2, 0) is 4.74 Å². The van der Waals surface area contributed by atoms with Gasteiger partial charge < -0.3 is 19.3 Å². The molecule has 3 rings (SSSR count). The molecule has 2 unspecified atom stereocenters. The SMILES string of the molecule is COc1ccc(C2C(CO)OCCN2CC=Cc2ccccc2)cc1OC. The largest absolute Gasteiger partial charge is 0.493 e. The predicted octanol–water partition coefficient (Wildman–Crippen LogP) is 3.15. The molecule has 0 spiro atoms. The van der Waals surface area contributed by atoms with Gasteiger partial charge in [0.2, 0.25) is 0 Å². The lowest BCUT2D eigenvalue weighted by Gasteiger charge is -2.40. The number of hydrogen-bond donors (Lipinski definition) is 1. The minimum atomic E-state index is -0.276. The van der Waals surface area contributed by atoms with Crippen molar-refractivity contribution in [3.8, 4) is 11.5 Å². The lowest BCUT2D eigenvalue weighted by Crippen LogP contribution is -2.46. The lowest BCUT2D eigenvalue weighted by atomic mass is 9.97. The third-order valence-electron chi connectivity index (χ3n) is 4.83. The first-order valence-electron chi connectivity index (χ1n) is 9.17. The van der Waals surface area contributed by atoms with Gasteiger partial charge in [-0.1, -0.05) is 48.6 Å². The first-order chi connectivity index (χ1) is 13.3. The second-order valence-electron chi connectivity index (χ2n) is 6.46. The van der Waals surface area contributed by atoms with Crippen LogP contribution in [0.5, 0.6) is 11.5 Å². The molecule has 2 aromatic carbocycles. The molecule has 1 heterocycles. The van der Waals surface area contributed by atoms with Crippen LogP contribution in [0.2, 0.25) is 0 Å². The molecule has 1 saturated heterocycles. The third-order valence-corrected chi connectivity index (χ3v) is 4.83. The number of morpholine rings is 1. The Morgan fingerprint density at radius 2 is 1.89 bits per heavy atom. The van der Waals surface area contributed by atoms with Crippen molar-refractivity contribution < 1.29 is 19.3 Å². The Labute approximate surface area is 160 Å². The predicted molar refractivity (Wildman–Crippen MR) is 106 cm³/mol. The zero-order valence-electron chi connectivity index (χ0n) is 15.9. The van der Waals surface area contributed by atoms with Crippen molar-refractivity contribution in [2.24, 2.45) is 0 Å². The highest BCUT2D eigenvalue weighted by molar-refractivity contribution is 5.49. The van der Waals surface area contributed by atoms with E-state index in [1.165, 1.54) is 5.56 Å². The summed E-state index contributed by atoms with van der Waals surface area (Å²) in [6.07, 6.45) is 4.00. The fraction of sp³-hybridized carbons (Fsp3) is 0.364. The third kappa shape index (κ3) is 4.69. The molecule has 5 heteroatoms. The molecule has 0 bridgehead atoms. The van der Waals surface area contributed by atoms with Crippen molar-refractivity contribution in [2.75, 3.05) is 40.5 Å². The summed E-state index contributed by atoms with van der Waals surface area (Å²) < 4.78 is 16.6. The summed E-state index contributed by atoms with van der Waals surface area (Å²) in [4.78, 5) is 2.32. The molecule has 0 saturated carbocycles. The normalized spacial score (nSPS) is 20.7. The average molecular weight is 369 g/mol. The molecule has 1 aliphatic heterocycles. The zero-order chi connectivity index (χ0) is 19.1. The average Bonchev–Trinajstić information content (AvgIpc) is 2.73. The number of nitrogens with zero attached hydrogens (tertiary/aromatic N) is 1. The Bertz CT molecular complexity index is 747. The highest BCUT2D eigenvalue weighted by Crippen LogP contribution is 2.35. The van der Waals surface area contributed by atoms with E-state index >= 15 is 0 Å². The van der Waals surface area contributed by atoms with Gasteiger partial charge in [0.1, 0.15) is 6.10 Å². The Kier molecular flexibility index (Phi) is 6.87. The van der Waals surface area contributed by atoms with E-state index in [4.69, 9.17) is 14.2 Å². The number of aliphatic hydroxyl groups excluding tert-OH is 1. The zero-order valence-corrected chi connectivity index (χ0v) is 15.9. The monoisotopic (exact) mass is 369 g/mol. The molecule has 0 aliphatic carbocycles. The quantitative estimate of drug-likeness (QED) is 0.813. The highest BCUT2D eigenvalue weighted by atomic mass is 16.5. The Morgan fingerprint density at radius 3 is 2.59 bits per heavy atom. The second kappa shape index (κ2) is 9.55. The van der Waals surface area contributed by atoms with Crippen molar-refractivity contribution in [1.29, 1.82) is 0 Å². The van der Waals surface area contributed by atoms with Crippen LogP contribution in [0.4, 0.5) is 0 Å². The first kappa shape index (κ1) is 19.4. The van der Waals surface area contributed by atoms with Crippen LogP contribution in [0, 0.1) is 0 Å². The maximum absolute atomic E-state index is 9.85. The maximum Gasteiger partial charge on any atom is 0.161 e. The standard InChI is InChI=1S/C22H27NO4/c1-25-19-11-10-18(15-20(19)26-2)22-21(16-24)27-14-13-23(22)12-6-9-17-7-4-3-5-8-17/h3-11,15,21-22,24H,12-14,16H2,1-2H3. The minimum Gasteiger partial charge on any atom is -0.493 e. The number of hydrogen-bond acceptors (Lipinski definition) is 5. The molecule has 144 valence electrons. The molecule has 1 aliphatic rings. The first-order valence-corrected chi connectivity index (χ1v) is 9.17. The summed E-state index contributed by atoms with van der Waals surface area (Å²) in [6, 6.07) is 16.1. The minimum absolute atomic E-state index is 0.0299. The molecule has 5 nitrogen and oxygen atoms in total. The van der Waals surface area contributed by atoms with Gasteiger partial charge in [0.25, 0.3) is 0 Å². The molecular weight excluding hydrogens is 342 g/mol. The van der Waals surface area contributed by atoms with Crippen molar-refractivity contribution in [1.82, 2.24) is 4.90 Å². The van der Waals surface area contributed by atoms with E-state index in [2.05, 4.69) is 29.2 Å². The molecule has 27 heavy (non-hydrogen) atoms. The molecular formula is C22H27NO4. The van der Waals surface area contributed by atoms with Gasteiger partial charge in [0.05, 0.1) is 33.5 Å². The molecule has 2 aromatic rings. The van der Waals surface area contributed by atoms with Crippen LogP contribution < -0.4 is 9.47 Å². The van der Waals surface area contributed by atoms with Crippen LogP contribution in [0.3, 0.4) is 0 Å². The Hall–Kier alpha value is -2.34. The van der Waals surface area contributed by atoms with Gasteiger partial charge in [-0.25, -0.2) is 0 Å².